The fraction of sp³-hybridized carbons (Fsp3) is 0.692. The van der Waals surface area contributed by atoms with Crippen LogP contribution in [-0.2, 0) is 6.54 Å². The van der Waals surface area contributed by atoms with E-state index in [0.29, 0.717) is 0 Å². The summed E-state index contributed by atoms with van der Waals surface area (Å²) in [5.41, 5.74) is 0. The molecule has 0 atom stereocenters. The van der Waals surface area contributed by atoms with E-state index in [4.69, 9.17) is 0 Å². The van der Waals surface area contributed by atoms with E-state index in [1.165, 1.54) is 37.1 Å². The molecule has 0 radical (unpaired) electrons. The lowest BCUT2D eigenvalue weighted by Gasteiger charge is -2.26. The SMILES string of the molecule is CC1CCC(CNCc2cccs2)CC1. The molecular formula is C13H21NS. The van der Waals surface area contributed by atoms with Crippen molar-refractivity contribution < 1.29 is 0 Å². The molecule has 0 unspecified atom stereocenters. The molecule has 1 heterocycles. The third kappa shape index (κ3) is 3.62. The van der Waals surface area contributed by atoms with Crippen LogP contribution in [0.15, 0.2) is 17.5 Å². The topological polar surface area (TPSA) is 12.0 Å². The van der Waals surface area contributed by atoms with Gasteiger partial charge in [-0.15, -0.1) is 11.3 Å². The number of hydrogen-bond acceptors (Lipinski definition) is 2. The Kier molecular flexibility index (Phi) is 4.21. The summed E-state index contributed by atoms with van der Waals surface area (Å²) < 4.78 is 0. The monoisotopic (exact) mass is 223 g/mol. The number of rotatable bonds is 4. The summed E-state index contributed by atoms with van der Waals surface area (Å²) in [5.74, 6) is 1.90. The van der Waals surface area contributed by atoms with Crippen LogP contribution in [0.25, 0.3) is 0 Å². The van der Waals surface area contributed by atoms with E-state index < -0.39 is 0 Å². The molecule has 0 bridgehead atoms. The molecule has 84 valence electrons. The fourth-order valence-electron chi connectivity index (χ4n) is 2.35. The van der Waals surface area contributed by atoms with E-state index in [0.717, 1.165) is 18.4 Å². The quantitative estimate of drug-likeness (QED) is 0.821. The molecule has 0 spiro atoms. The zero-order valence-electron chi connectivity index (χ0n) is 9.54. The van der Waals surface area contributed by atoms with Gasteiger partial charge in [-0.05, 0) is 42.7 Å². The molecule has 2 rings (SSSR count). The Labute approximate surface area is 96.9 Å². The van der Waals surface area contributed by atoms with Crippen LogP contribution in [0.1, 0.15) is 37.5 Å². The van der Waals surface area contributed by atoms with Gasteiger partial charge in [-0.25, -0.2) is 0 Å². The van der Waals surface area contributed by atoms with Gasteiger partial charge in [0.25, 0.3) is 0 Å². The van der Waals surface area contributed by atoms with Crippen molar-refractivity contribution in [2.75, 3.05) is 6.54 Å². The molecule has 1 aliphatic carbocycles. The summed E-state index contributed by atoms with van der Waals surface area (Å²) in [7, 11) is 0. The van der Waals surface area contributed by atoms with E-state index in [9.17, 15) is 0 Å². The molecule has 1 saturated carbocycles. The van der Waals surface area contributed by atoms with Gasteiger partial charge in [-0.1, -0.05) is 25.8 Å². The van der Waals surface area contributed by atoms with Gasteiger partial charge in [0.15, 0.2) is 0 Å². The highest BCUT2D eigenvalue weighted by molar-refractivity contribution is 7.09. The normalized spacial score (nSPS) is 26.7. The molecule has 1 aromatic rings. The summed E-state index contributed by atoms with van der Waals surface area (Å²) in [6, 6.07) is 4.34. The van der Waals surface area contributed by atoms with Crippen LogP contribution in [0.2, 0.25) is 0 Å². The Hall–Kier alpha value is -0.340. The summed E-state index contributed by atoms with van der Waals surface area (Å²) in [6.45, 7) is 4.66. The van der Waals surface area contributed by atoms with Gasteiger partial charge in [-0.2, -0.15) is 0 Å². The first-order valence-electron chi connectivity index (χ1n) is 6.07. The lowest BCUT2D eigenvalue weighted by atomic mass is 9.83. The van der Waals surface area contributed by atoms with Crippen molar-refractivity contribution in [1.82, 2.24) is 5.32 Å². The molecule has 1 fully saturated rings. The lowest BCUT2D eigenvalue weighted by Crippen LogP contribution is -2.25. The maximum atomic E-state index is 3.58. The average molecular weight is 223 g/mol. The van der Waals surface area contributed by atoms with Crippen molar-refractivity contribution in [3.05, 3.63) is 22.4 Å². The Morgan fingerprint density at radius 1 is 1.33 bits per heavy atom. The molecule has 1 aromatic heterocycles. The molecule has 2 heteroatoms. The van der Waals surface area contributed by atoms with Crippen LogP contribution in [0.3, 0.4) is 0 Å². The second-order valence-electron chi connectivity index (χ2n) is 4.84. The molecule has 1 nitrogen and oxygen atoms in total. The Balaban J connectivity index is 1.62. The average Bonchev–Trinajstić information content (AvgIpc) is 2.74. The zero-order valence-corrected chi connectivity index (χ0v) is 10.4. The lowest BCUT2D eigenvalue weighted by molar-refractivity contribution is 0.281. The van der Waals surface area contributed by atoms with Crippen LogP contribution in [0.4, 0.5) is 0 Å². The van der Waals surface area contributed by atoms with Crippen LogP contribution < -0.4 is 5.32 Å². The molecule has 1 N–H and O–H groups in total. The van der Waals surface area contributed by atoms with Crippen molar-refractivity contribution >= 4 is 11.3 Å². The van der Waals surface area contributed by atoms with Crippen molar-refractivity contribution in [2.45, 2.75) is 39.2 Å². The third-order valence-electron chi connectivity index (χ3n) is 3.45. The van der Waals surface area contributed by atoms with Crippen LogP contribution >= 0.6 is 11.3 Å². The smallest absolute Gasteiger partial charge is 0.0299 e. The van der Waals surface area contributed by atoms with Gasteiger partial charge < -0.3 is 5.32 Å². The first-order chi connectivity index (χ1) is 7.34. The molecule has 0 aromatic carbocycles. The molecule has 0 amide bonds. The summed E-state index contributed by atoms with van der Waals surface area (Å²) in [5, 5.41) is 5.73. The standard InChI is InChI=1S/C13H21NS/c1-11-4-6-12(7-5-11)9-14-10-13-3-2-8-15-13/h2-3,8,11-12,14H,4-7,9-10H2,1H3. The Morgan fingerprint density at radius 2 is 2.13 bits per heavy atom. The second-order valence-corrected chi connectivity index (χ2v) is 5.87. The minimum atomic E-state index is 0.932. The van der Waals surface area contributed by atoms with Gasteiger partial charge in [0.2, 0.25) is 0 Å². The van der Waals surface area contributed by atoms with E-state index in [1.54, 1.807) is 0 Å². The fourth-order valence-corrected chi connectivity index (χ4v) is 3.02. The van der Waals surface area contributed by atoms with Gasteiger partial charge in [0, 0.05) is 11.4 Å². The largest absolute Gasteiger partial charge is 0.312 e. The van der Waals surface area contributed by atoms with E-state index in [-0.39, 0.29) is 0 Å². The zero-order chi connectivity index (χ0) is 10.5. The first kappa shape index (κ1) is 11.2. The molecular weight excluding hydrogens is 202 g/mol. The molecule has 0 saturated heterocycles. The van der Waals surface area contributed by atoms with Gasteiger partial charge in [-0.3, -0.25) is 0 Å². The second kappa shape index (κ2) is 5.66. The maximum absolute atomic E-state index is 3.58. The number of thiophene rings is 1. The molecule has 0 aliphatic heterocycles. The highest BCUT2D eigenvalue weighted by Gasteiger charge is 2.17. The molecule has 1 aliphatic rings. The van der Waals surface area contributed by atoms with Crippen LogP contribution in [0, 0.1) is 11.8 Å². The predicted molar refractivity (Wildman–Crippen MR) is 67.1 cm³/mol. The van der Waals surface area contributed by atoms with Crippen molar-refractivity contribution in [3.63, 3.8) is 0 Å². The highest BCUT2D eigenvalue weighted by Crippen LogP contribution is 2.27. The Bertz CT molecular complexity index is 260. The third-order valence-corrected chi connectivity index (χ3v) is 4.32. The van der Waals surface area contributed by atoms with E-state index >= 15 is 0 Å². The van der Waals surface area contributed by atoms with Crippen molar-refractivity contribution in [1.29, 1.82) is 0 Å². The summed E-state index contributed by atoms with van der Waals surface area (Å²) in [4.78, 5) is 1.46. The van der Waals surface area contributed by atoms with E-state index in [1.807, 2.05) is 11.3 Å². The van der Waals surface area contributed by atoms with E-state index in [2.05, 4.69) is 29.8 Å². The number of nitrogens with one attached hydrogen (secondary N) is 1. The van der Waals surface area contributed by atoms with Crippen molar-refractivity contribution in [3.8, 4) is 0 Å². The van der Waals surface area contributed by atoms with Gasteiger partial charge in [0.1, 0.15) is 0 Å². The predicted octanol–water partition coefficient (Wildman–Crippen LogP) is 3.66. The summed E-state index contributed by atoms with van der Waals surface area (Å²) >= 11 is 1.85. The number of hydrogen-bond donors (Lipinski definition) is 1. The molecule has 15 heavy (non-hydrogen) atoms. The maximum Gasteiger partial charge on any atom is 0.0299 e. The summed E-state index contributed by atoms with van der Waals surface area (Å²) in [6.07, 6.45) is 5.73. The van der Waals surface area contributed by atoms with Gasteiger partial charge in [0.05, 0.1) is 0 Å². The van der Waals surface area contributed by atoms with Crippen molar-refractivity contribution in [2.24, 2.45) is 11.8 Å². The Morgan fingerprint density at radius 3 is 2.80 bits per heavy atom. The highest BCUT2D eigenvalue weighted by atomic mass is 32.1. The minimum Gasteiger partial charge on any atom is -0.312 e. The van der Waals surface area contributed by atoms with Crippen LogP contribution in [-0.4, -0.2) is 6.54 Å². The van der Waals surface area contributed by atoms with Gasteiger partial charge >= 0.3 is 0 Å². The minimum absolute atomic E-state index is 0.932. The van der Waals surface area contributed by atoms with Crippen LogP contribution in [0.5, 0.6) is 0 Å². The first-order valence-corrected chi connectivity index (χ1v) is 6.95.